The van der Waals surface area contributed by atoms with Gasteiger partial charge in [-0.25, -0.2) is 21.6 Å². The molecule has 20 heteroatoms. The minimum absolute atomic E-state index is 0. The van der Waals surface area contributed by atoms with Gasteiger partial charge < -0.3 is 31.2 Å². The highest BCUT2D eigenvalue weighted by atomic mass is 32.2. The van der Waals surface area contributed by atoms with E-state index in [0.29, 0.717) is 35.6 Å². The van der Waals surface area contributed by atoms with E-state index in [4.69, 9.17) is 10.5 Å². The number of methoxy groups -OCH3 is 1. The molecule has 4 aromatic carbocycles. The van der Waals surface area contributed by atoms with Crippen LogP contribution in [0.4, 0.5) is 11.4 Å². The second-order valence-electron chi connectivity index (χ2n) is 16.8. The van der Waals surface area contributed by atoms with Crippen LogP contribution in [0.1, 0.15) is 98.9 Å². The molecular weight excluding hydrogens is 873 g/mol. The number of aromatic nitrogens is 6. The third kappa shape index (κ3) is 12.0. The number of primary amides is 1. The maximum absolute atomic E-state index is 13.1. The van der Waals surface area contributed by atoms with Crippen LogP contribution in [0.15, 0.2) is 94.7 Å². The maximum Gasteiger partial charge on any atom is 0.337 e. The molecule has 9 N–H and O–H groups in total. The Hall–Kier alpha value is -6.48. The molecule has 0 unspecified atom stereocenters. The Bertz CT molecular complexity index is 2860. The highest BCUT2D eigenvalue weighted by molar-refractivity contribution is 7.93. The summed E-state index contributed by atoms with van der Waals surface area (Å²) in [6.45, 7) is 16.3. The Balaban J connectivity index is 0.000000335. The van der Waals surface area contributed by atoms with Crippen molar-refractivity contribution in [3.05, 3.63) is 119 Å². The summed E-state index contributed by atoms with van der Waals surface area (Å²) in [4.78, 5) is 24.0. The first kappa shape index (κ1) is 52.9. The molecule has 0 aliphatic carbocycles. The van der Waals surface area contributed by atoms with Gasteiger partial charge in [-0.05, 0) is 82.6 Å². The highest BCUT2D eigenvalue weighted by Crippen LogP contribution is 2.33. The molecule has 0 spiro atoms. The van der Waals surface area contributed by atoms with E-state index >= 15 is 0 Å². The fourth-order valence-electron chi connectivity index (χ4n) is 6.52. The summed E-state index contributed by atoms with van der Waals surface area (Å²) in [5, 5.41) is 16.7. The summed E-state index contributed by atoms with van der Waals surface area (Å²) in [6, 6.07) is 22.7. The van der Waals surface area contributed by atoms with E-state index in [-0.39, 0.29) is 54.7 Å². The molecule has 1 amide bonds. The SMILES string of the molecule is CCc1nnc(-c2cc(C(=O)OC)ccc2NS(=O)(=O)c2ccc(C(C)(C)C)cc2)n1C.CCc1nnc(-c2cc(C(N)=O)ccc2NS(=O)(=O)c2ccc(C(C)(C)C)cc2)n1C.N.O. The van der Waals surface area contributed by atoms with Crippen LogP contribution in [0.2, 0.25) is 0 Å². The van der Waals surface area contributed by atoms with Gasteiger partial charge in [0.2, 0.25) is 5.91 Å². The molecule has 0 aliphatic heterocycles. The van der Waals surface area contributed by atoms with Crippen LogP contribution >= 0.6 is 0 Å². The number of benzene rings is 4. The number of nitrogens with zero attached hydrogens (tertiary/aromatic N) is 6. The molecule has 2 heterocycles. The molecule has 65 heavy (non-hydrogen) atoms. The largest absolute Gasteiger partial charge is 0.465 e. The zero-order chi connectivity index (χ0) is 46.7. The van der Waals surface area contributed by atoms with Crippen LogP contribution < -0.4 is 21.3 Å². The van der Waals surface area contributed by atoms with Gasteiger partial charge >= 0.3 is 5.97 Å². The van der Waals surface area contributed by atoms with Crippen molar-refractivity contribution >= 4 is 43.3 Å². The number of amides is 1. The molecule has 6 aromatic rings. The number of anilines is 2. The first-order valence-electron chi connectivity index (χ1n) is 20.1. The van der Waals surface area contributed by atoms with Gasteiger partial charge in [-0.15, -0.1) is 20.4 Å². The molecule has 350 valence electrons. The van der Waals surface area contributed by atoms with Crippen LogP contribution in [0.5, 0.6) is 0 Å². The zero-order valence-electron chi connectivity index (χ0n) is 38.6. The van der Waals surface area contributed by atoms with Gasteiger partial charge in [0.1, 0.15) is 11.6 Å². The van der Waals surface area contributed by atoms with Gasteiger partial charge in [0.25, 0.3) is 20.0 Å². The number of hydrogen-bond donors (Lipinski definition) is 4. The summed E-state index contributed by atoms with van der Waals surface area (Å²) in [7, 11) is -2.88. The van der Waals surface area contributed by atoms with E-state index in [1.165, 1.54) is 37.4 Å². The number of esters is 1. The van der Waals surface area contributed by atoms with Crippen molar-refractivity contribution < 1.29 is 36.6 Å². The fourth-order valence-corrected chi connectivity index (χ4v) is 8.68. The number of nitrogens with one attached hydrogen (secondary N) is 2. The van der Waals surface area contributed by atoms with Gasteiger partial charge in [0.15, 0.2) is 11.6 Å². The molecule has 6 rings (SSSR count). The molecule has 0 saturated heterocycles. The Morgan fingerprint density at radius 2 is 0.969 bits per heavy atom. The quantitative estimate of drug-likeness (QED) is 0.0956. The predicted molar refractivity (Wildman–Crippen MR) is 252 cm³/mol. The van der Waals surface area contributed by atoms with E-state index in [9.17, 15) is 26.4 Å². The summed E-state index contributed by atoms with van der Waals surface area (Å²) in [6.07, 6.45) is 1.31. The van der Waals surface area contributed by atoms with Gasteiger partial charge in [-0.1, -0.05) is 79.7 Å². The molecule has 0 bridgehead atoms. The van der Waals surface area contributed by atoms with Gasteiger partial charge in [0.05, 0.1) is 33.8 Å². The van der Waals surface area contributed by atoms with Crippen LogP contribution in [0, 0.1) is 0 Å². The zero-order valence-corrected chi connectivity index (χ0v) is 40.3. The number of nitrogens with two attached hydrogens (primary N) is 1. The topological polar surface area (TPSA) is 290 Å². The van der Waals surface area contributed by atoms with Crippen molar-refractivity contribution in [3.63, 3.8) is 0 Å². The number of rotatable bonds is 12. The predicted octanol–water partition coefficient (Wildman–Crippen LogP) is 6.51. The normalized spacial score (nSPS) is 11.6. The average Bonchev–Trinajstić information content (AvgIpc) is 3.80. The lowest BCUT2D eigenvalue weighted by Gasteiger charge is -2.19. The second-order valence-corrected chi connectivity index (χ2v) is 20.2. The van der Waals surface area contributed by atoms with E-state index in [1.807, 2.05) is 38.1 Å². The number of sulfonamides is 2. The van der Waals surface area contributed by atoms with E-state index in [1.54, 1.807) is 53.6 Å². The fraction of sp³-hybridized carbons (Fsp3) is 0.333. The summed E-state index contributed by atoms with van der Waals surface area (Å²) < 4.78 is 66.0. The first-order valence-corrected chi connectivity index (χ1v) is 23.1. The van der Waals surface area contributed by atoms with Gasteiger partial charge in [-0.2, -0.15) is 0 Å². The summed E-state index contributed by atoms with van der Waals surface area (Å²) in [5.74, 6) is 1.18. The third-order valence-corrected chi connectivity index (χ3v) is 13.1. The second kappa shape index (κ2) is 20.6. The van der Waals surface area contributed by atoms with Crippen LogP contribution in [-0.4, -0.2) is 70.8 Å². The molecule has 18 nitrogen and oxygen atoms in total. The van der Waals surface area contributed by atoms with E-state index in [0.717, 1.165) is 22.8 Å². The average molecular weight is 933 g/mol. The van der Waals surface area contributed by atoms with Crippen molar-refractivity contribution in [1.82, 2.24) is 35.7 Å². The van der Waals surface area contributed by atoms with E-state index < -0.39 is 31.9 Å². The smallest absolute Gasteiger partial charge is 0.337 e. The summed E-state index contributed by atoms with van der Waals surface area (Å²) in [5.41, 5.74) is 9.25. The van der Waals surface area contributed by atoms with Gasteiger partial charge in [-0.3, -0.25) is 14.2 Å². The monoisotopic (exact) mass is 932 g/mol. The molecule has 0 saturated carbocycles. The minimum Gasteiger partial charge on any atom is -0.465 e. The van der Waals surface area contributed by atoms with E-state index in [2.05, 4.69) is 71.4 Å². The summed E-state index contributed by atoms with van der Waals surface area (Å²) >= 11 is 0. The number of carbonyl (C=O) groups excluding carboxylic acids is 2. The molecule has 0 aliphatic rings. The standard InChI is InChI=1S/C23H28N4O4S.C22H27N5O3S.H3N.H2O/c1-7-20-24-25-21(27(20)5)18-14-15(22(28)31-6)8-13-19(18)26-32(29,30)17-11-9-16(10-12-17)23(2,3)4;1-6-19-24-25-21(27(19)5)17-13-14(20(23)28)7-12-18(17)26-31(29,30)16-10-8-15(9-11-16)22(2,3)4;;/h8-14,26H,7H2,1-6H3;7-13,26H,6H2,1-5H3,(H2,23,28);1H3;1H2. The number of aryl methyl sites for hydroxylation is 2. The van der Waals surface area contributed by atoms with Crippen LogP contribution in [-0.2, 0) is 62.6 Å². The van der Waals surface area contributed by atoms with Crippen LogP contribution in [0.25, 0.3) is 22.8 Å². The maximum atomic E-state index is 13.1. The van der Waals surface area contributed by atoms with Crippen molar-refractivity contribution in [2.45, 2.75) is 88.9 Å². The Morgan fingerprint density at radius 3 is 1.28 bits per heavy atom. The Morgan fingerprint density at radius 1 is 0.615 bits per heavy atom. The first-order chi connectivity index (χ1) is 29.4. The molecule has 0 radical (unpaired) electrons. The Kier molecular flexibility index (Phi) is 16.7. The molecular formula is C45H60N10O8S2. The number of hydrogen-bond acceptors (Lipinski definition) is 12. The van der Waals surface area contributed by atoms with Crippen molar-refractivity contribution in [2.75, 3.05) is 16.6 Å². The van der Waals surface area contributed by atoms with Crippen molar-refractivity contribution in [1.29, 1.82) is 0 Å². The minimum atomic E-state index is -3.88. The molecule has 2 aromatic heterocycles. The third-order valence-electron chi connectivity index (χ3n) is 10.3. The van der Waals surface area contributed by atoms with Crippen molar-refractivity contribution in [3.8, 4) is 22.8 Å². The lowest BCUT2D eigenvalue weighted by Crippen LogP contribution is -2.16. The lowest BCUT2D eigenvalue weighted by molar-refractivity contribution is 0.0600. The lowest BCUT2D eigenvalue weighted by atomic mass is 9.87. The highest BCUT2D eigenvalue weighted by Gasteiger charge is 2.24. The molecule has 0 fully saturated rings. The van der Waals surface area contributed by atoms with Gasteiger partial charge in [0, 0.05) is 43.6 Å². The van der Waals surface area contributed by atoms with Crippen LogP contribution in [0.3, 0.4) is 0 Å². The van der Waals surface area contributed by atoms with Crippen molar-refractivity contribution in [2.24, 2.45) is 19.8 Å². The Labute approximate surface area is 381 Å². The molecule has 0 atom stereocenters. The number of carbonyl (C=O) groups is 2. The number of ether oxygens (including phenoxy) is 1.